The maximum absolute atomic E-state index is 4.69. The lowest BCUT2D eigenvalue weighted by Crippen LogP contribution is -2.15. The summed E-state index contributed by atoms with van der Waals surface area (Å²) in [7, 11) is 0. The van der Waals surface area contributed by atoms with Gasteiger partial charge in [0.05, 0.1) is 5.69 Å². The molecular weight excluding hydrogens is 240 g/mol. The fraction of sp³-hybridized carbons (Fsp3) is 0.400. The molecule has 0 radical (unpaired) electrons. The maximum Gasteiger partial charge on any atom is 0.123 e. The number of benzene rings is 1. The van der Waals surface area contributed by atoms with Crippen LogP contribution in [0.1, 0.15) is 31.0 Å². The van der Waals surface area contributed by atoms with Crippen LogP contribution in [0.5, 0.6) is 0 Å². The number of nitrogens with zero attached hydrogens (tertiary/aromatic N) is 1. The Kier molecular flexibility index (Phi) is 3.43. The van der Waals surface area contributed by atoms with Crippen molar-refractivity contribution < 1.29 is 0 Å². The van der Waals surface area contributed by atoms with Gasteiger partial charge in [-0.15, -0.1) is 11.3 Å². The third-order valence-electron chi connectivity index (χ3n) is 3.31. The Morgan fingerprint density at radius 3 is 2.72 bits per heavy atom. The van der Waals surface area contributed by atoms with Gasteiger partial charge >= 0.3 is 0 Å². The molecule has 0 spiro atoms. The molecule has 3 heteroatoms. The molecule has 3 rings (SSSR count). The highest BCUT2D eigenvalue weighted by molar-refractivity contribution is 7.13. The van der Waals surface area contributed by atoms with E-state index in [1.165, 1.54) is 29.7 Å². The molecule has 0 bridgehead atoms. The molecule has 0 atom stereocenters. The summed E-state index contributed by atoms with van der Waals surface area (Å²) in [4.78, 5) is 4.69. The van der Waals surface area contributed by atoms with Crippen LogP contribution >= 0.6 is 11.3 Å². The van der Waals surface area contributed by atoms with Gasteiger partial charge in [-0.1, -0.05) is 31.2 Å². The van der Waals surface area contributed by atoms with Crippen molar-refractivity contribution >= 4 is 11.3 Å². The van der Waals surface area contributed by atoms with E-state index in [1.807, 2.05) is 0 Å². The van der Waals surface area contributed by atoms with E-state index < -0.39 is 0 Å². The number of aromatic nitrogens is 1. The van der Waals surface area contributed by atoms with Crippen LogP contribution in [0.2, 0.25) is 0 Å². The van der Waals surface area contributed by atoms with Crippen molar-refractivity contribution in [3.05, 3.63) is 40.9 Å². The summed E-state index contributed by atoms with van der Waals surface area (Å²) >= 11 is 1.74. The van der Waals surface area contributed by atoms with Crippen molar-refractivity contribution in [3.63, 3.8) is 0 Å². The van der Waals surface area contributed by atoms with Crippen molar-refractivity contribution in [1.29, 1.82) is 0 Å². The summed E-state index contributed by atoms with van der Waals surface area (Å²) in [5.41, 5.74) is 3.78. The van der Waals surface area contributed by atoms with Crippen molar-refractivity contribution in [2.45, 2.75) is 38.8 Å². The highest BCUT2D eigenvalue weighted by atomic mass is 32.1. The minimum atomic E-state index is 0.749. The summed E-state index contributed by atoms with van der Waals surface area (Å²) in [6, 6.07) is 9.49. The zero-order valence-corrected chi connectivity index (χ0v) is 11.5. The average molecular weight is 258 g/mol. The van der Waals surface area contributed by atoms with E-state index in [0.29, 0.717) is 0 Å². The van der Waals surface area contributed by atoms with Gasteiger partial charge in [0.1, 0.15) is 5.01 Å². The van der Waals surface area contributed by atoms with Crippen LogP contribution in [0.25, 0.3) is 10.6 Å². The summed E-state index contributed by atoms with van der Waals surface area (Å²) < 4.78 is 0. The largest absolute Gasteiger partial charge is 0.308 e. The molecular formula is C15H18N2S. The SMILES string of the molecule is CCc1ccc(-c2nc(CNC3CC3)cs2)cc1. The van der Waals surface area contributed by atoms with Crippen LogP contribution in [0.3, 0.4) is 0 Å². The van der Waals surface area contributed by atoms with Gasteiger partial charge in [-0.3, -0.25) is 0 Å². The third-order valence-corrected chi connectivity index (χ3v) is 4.25. The standard InChI is InChI=1S/C15H18N2S/c1-2-11-3-5-12(6-4-11)15-17-14(10-18-15)9-16-13-7-8-13/h3-6,10,13,16H,2,7-9H2,1H3. The first kappa shape index (κ1) is 11.9. The molecule has 1 aliphatic carbocycles. The molecule has 0 saturated heterocycles. The molecule has 18 heavy (non-hydrogen) atoms. The Morgan fingerprint density at radius 1 is 1.28 bits per heavy atom. The first-order valence-corrected chi connectivity index (χ1v) is 7.50. The molecule has 1 aliphatic rings. The van der Waals surface area contributed by atoms with Crippen molar-refractivity contribution in [1.82, 2.24) is 10.3 Å². The second-order valence-electron chi connectivity index (χ2n) is 4.85. The summed E-state index contributed by atoms with van der Waals surface area (Å²) in [5.74, 6) is 0. The molecule has 1 saturated carbocycles. The van der Waals surface area contributed by atoms with E-state index in [0.717, 1.165) is 24.0 Å². The van der Waals surface area contributed by atoms with Gasteiger partial charge in [-0.25, -0.2) is 4.98 Å². The zero-order chi connectivity index (χ0) is 12.4. The molecule has 1 N–H and O–H groups in total. The summed E-state index contributed by atoms with van der Waals surface area (Å²) in [5, 5.41) is 6.80. The minimum absolute atomic E-state index is 0.749. The van der Waals surface area contributed by atoms with Crippen molar-refractivity contribution in [2.75, 3.05) is 0 Å². The number of hydrogen-bond donors (Lipinski definition) is 1. The van der Waals surface area contributed by atoms with E-state index in [1.54, 1.807) is 11.3 Å². The minimum Gasteiger partial charge on any atom is -0.308 e. The molecule has 1 aromatic heterocycles. The molecule has 2 nitrogen and oxygen atoms in total. The van der Waals surface area contributed by atoms with Crippen LogP contribution in [0.4, 0.5) is 0 Å². The normalized spacial score (nSPS) is 14.9. The van der Waals surface area contributed by atoms with Crippen molar-refractivity contribution in [3.8, 4) is 10.6 Å². The van der Waals surface area contributed by atoms with Crippen LogP contribution in [0, 0.1) is 0 Å². The van der Waals surface area contributed by atoms with E-state index >= 15 is 0 Å². The lowest BCUT2D eigenvalue weighted by molar-refractivity contribution is 0.678. The molecule has 2 aromatic rings. The molecule has 1 heterocycles. The Bertz CT molecular complexity index is 512. The number of rotatable bonds is 5. The highest BCUT2D eigenvalue weighted by Gasteiger charge is 2.20. The summed E-state index contributed by atoms with van der Waals surface area (Å²) in [6.45, 7) is 3.09. The van der Waals surface area contributed by atoms with Crippen LogP contribution in [-0.4, -0.2) is 11.0 Å². The Labute approximate surface area is 112 Å². The predicted molar refractivity (Wildman–Crippen MR) is 76.8 cm³/mol. The van der Waals surface area contributed by atoms with Gasteiger partial charge < -0.3 is 5.32 Å². The van der Waals surface area contributed by atoms with Crippen LogP contribution < -0.4 is 5.32 Å². The Morgan fingerprint density at radius 2 is 2.06 bits per heavy atom. The maximum atomic E-state index is 4.69. The molecule has 94 valence electrons. The van der Waals surface area contributed by atoms with Gasteiger partial charge in [-0.05, 0) is 24.8 Å². The average Bonchev–Trinajstić information content (AvgIpc) is 3.14. The lowest BCUT2D eigenvalue weighted by Gasteiger charge is -1.99. The Balaban J connectivity index is 1.70. The molecule has 0 amide bonds. The number of thiazole rings is 1. The quantitative estimate of drug-likeness (QED) is 0.886. The first-order chi connectivity index (χ1) is 8.85. The topological polar surface area (TPSA) is 24.9 Å². The highest BCUT2D eigenvalue weighted by Crippen LogP contribution is 2.25. The van der Waals surface area contributed by atoms with Gasteiger partial charge in [-0.2, -0.15) is 0 Å². The number of aryl methyl sites for hydroxylation is 1. The van der Waals surface area contributed by atoms with Crippen LogP contribution in [0.15, 0.2) is 29.6 Å². The third kappa shape index (κ3) is 2.79. The fourth-order valence-corrected chi connectivity index (χ4v) is 2.77. The second-order valence-corrected chi connectivity index (χ2v) is 5.71. The molecule has 0 aliphatic heterocycles. The van der Waals surface area contributed by atoms with Gasteiger partial charge in [0.25, 0.3) is 0 Å². The first-order valence-electron chi connectivity index (χ1n) is 6.62. The van der Waals surface area contributed by atoms with Crippen LogP contribution in [-0.2, 0) is 13.0 Å². The monoisotopic (exact) mass is 258 g/mol. The fourth-order valence-electron chi connectivity index (χ4n) is 1.94. The smallest absolute Gasteiger partial charge is 0.123 e. The van der Waals surface area contributed by atoms with E-state index in [9.17, 15) is 0 Å². The molecule has 1 fully saturated rings. The van der Waals surface area contributed by atoms with Crippen molar-refractivity contribution in [2.24, 2.45) is 0 Å². The Hall–Kier alpha value is -1.19. The molecule has 0 unspecified atom stereocenters. The summed E-state index contributed by atoms with van der Waals surface area (Å²) in [6.07, 6.45) is 3.75. The lowest BCUT2D eigenvalue weighted by atomic mass is 10.1. The van der Waals surface area contributed by atoms with Gasteiger partial charge in [0, 0.05) is 23.5 Å². The second kappa shape index (κ2) is 5.21. The predicted octanol–water partition coefficient (Wildman–Crippen LogP) is 3.62. The van der Waals surface area contributed by atoms with Gasteiger partial charge in [0.15, 0.2) is 0 Å². The van der Waals surface area contributed by atoms with E-state index in [-0.39, 0.29) is 0 Å². The number of nitrogens with one attached hydrogen (secondary N) is 1. The van der Waals surface area contributed by atoms with Gasteiger partial charge in [0.2, 0.25) is 0 Å². The molecule has 1 aromatic carbocycles. The van der Waals surface area contributed by atoms with E-state index in [4.69, 9.17) is 4.98 Å². The van der Waals surface area contributed by atoms with E-state index in [2.05, 4.69) is 41.9 Å². The number of hydrogen-bond acceptors (Lipinski definition) is 3. The zero-order valence-electron chi connectivity index (χ0n) is 10.6.